The summed E-state index contributed by atoms with van der Waals surface area (Å²) in [7, 11) is 4.79. The summed E-state index contributed by atoms with van der Waals surface area (Å²) in [4.78, 5) is 14.0. The molecule has 1 heterocycles. The van der Waals surface area contributed by atoms with Gasteiger partial charge in [-0.3, -0.25) is 4.79 Å². The second-order valence-corrected chi connectivity index (χ2v) is 9.83. The van der Waals surface area contributed by atoms with E-state index in [0.717, 1.165) is 39.5 Å². The fraction of sp³-hybridized carbons (Fsp3) is 0.323. The van der Waals surface area contributed by atoms with Crippen molar-refractivity contribution in [3.8, 4) is 23.0 Å². The molecule has 0 aromatic heterocycles. The van der Waals surface area contributed by atoms with Crippen LogP contribution in [0.5, 0.6) is 23.0 Å². The molecule has 3 aromatic rings. The molecule has 1 aliphatic heterocycles. The summed E-state index contributed by atoms with van der Waals surface area (Å²) in [5, 5.41) is 7.25. The van der Waals surface area contributed by atoms with Gasteiger partial charge in [0.15, 0.2) is 17.3 Å². The van der Waals surface area contributed by atoms with Gasteiger partial charge in [0.25, 0.3) is 0 Å². The van der Waals surface area contributed by atoms with E-state index in [4.69, 9.17) is 18.9 Å². The van der Waals surface area contributed by atoms with Crippen molar-refractivity contribution in [2.45, 2.75) is 44.8 Å². The molecule has 2 N–H and O–H groups in total. The predicted molar refractivity (Wildman–Crippen MR) is 149 cm³/mol. The molecule has 38 heavy (non-hydrogen) atoms. The molecule has 0 saturated carbocycles. The maximum Gasteiger partial charge on any atom is 0.203 e. The quantitative estimate of drug-likeness (QED) is 0.374. The molecule has 5 rings (SSSR count). The molecule has 0 spiro atoms. The Kier molecular flexibility index (Phi) is 7.18. The van der Waals surface area contributed by atoms with E-state index < -0.39 is 0 Å². The van der Waals surface area contributed by atoms with Crippen LogP contribution in [0.4, 0.5) is 11.4 Å². The molecule has 0 amide bonds. The number of allylic oxidation sites excluding steroid dienone is 1. The van der Waals surface area contributed by atoms with E-state index in [2.05, 4.69) is 10.6 Å². The van der Waals surface area contributed by atoms with Crippen LogP contribution in [0, 0.1) is 0 Å². The van der Waals surface area contributed by atoms with Crippen LogP contribution in [0.3, 0.4) is 0 Å². The molecule has 0 fully saturated rings. The lowest BCUT2D eigenvalue weighted by atomic mass is 9.78. The molecule has 0 bridgehead atoms. The van der Waals surface area contributed by atoms with Crippen molar-refractivity contribution in [2.24, 2.45) is 0 Å². The number of ketones is 1. The highest BCUT2D eigenvalue weighted by atomic mass is 16.5. The first-order valence-electron chi connectivity index (χ1n) is 12.9. The zero-order chi connectivity index (χ0) is 26.8. The summed E-state index contributed by atoms with van der Waals surface area (Å²) in [5.41, 5.74) is 5.41. The second-order valence-electron chi connectivity index (χ2n) is 9.83. The van der Waals surface area contributed by atoms with Gasteiger partial charge in [-0.25, -0.2) is 0 Å². The predicted octanol–water partition coefficient (Wildman–Crippen LogP) is 6.48. The average molecular weight is 515 g/mol. The number of anilines is 2. The lowest BCUT2D eigenvalue weighted by molar-refractivity contribution is -0.116. The van der Waals surface area contributed by atoms with Gasteiger partial charge in [0.1, 0.15) is 5.75 Å². The zero-order valence-electron chi connectivity index (χ0n) is 22.5. The molecular formula is C31H34N2O5. The van der Waals surface area contributed by atoms with Gasteiger partial charge < -0.3 is 29.6 Å². The highest BCUT2D eigenvalue weighted by Gasteiger charge is 2.37. The van der Waals surface area contributed by atoms with Gasteiger partial charge in [-0.2, -0.15) is 0 Å². The lowest BCUT2D eigenvalue weighted by Crippen LogP contribution is -2.27. The van der Waals surface area contributed by atoms with Crippen LogP contribution in [0.15, 0.2) is 71.9 Å². The third kappa shape index (κ3) is 4.76. The van der Waals surface area contributed by atoms with Gasteiger partial charge in [0.05, 0.1) is 44.8 Å². The molecule has 198 valence electrons. The van der Waals surface area contributed by atoms with Crippen molar-refractivity contribution >= 4 is 17.2 Å². The van der Waals surface area contributed by atoms with Crippen LogP contribution in [-0.2, 0) is 4.79 Å². The maximum absolute atomic E-state index is 14.0. The third-order valence-corrected chi connectivity index (χ3v) is 7.06. The smallest absolute Gasteiger partial charge is 0.203 e. The molecule has 0 radical (unpaired) electrons. The van der Waals surface area contributed by atoms with Crippen molar-refractivity contribution in [3.05, 3.63) is 83.1 Å². The Labute approximate surface area is 223 Å². The van der Waals surface area contributed by atoms with Crippen LogP contribution < -0.4 is 29.6 Å². The average Bonchev–Trinajstić information content (AvgIpc) is 3.09. The van der Waals surface area contributed by atoms with E-state index in [9.17, 15) is 4.79 Å². The normalized spacial score (nSPS) is 18.5. The number of ether oxygens (including phenoxy) is 4. The SMILES string of the molecule is COc1cc([C@@H]2CC(=O)C3=C(C2)Nc2ccccc2N[C@H]3c2ccccc2OC(C)C)cc(OC)c1OC. The molecule has 1 aliphatic carbocycles. The topological polar surface area (TPSA) is 78.1 Å². The fourth-order valence-electron chi connectivity index (χ4n) is 5.38. The summed E-state index contributed by atoms with van der Waals surface area (Å²) in [5.74, 6) is 2.48. The summed E-state index contributed by atoms with van der Waals surface area (Å²) >= 11 is 0. The highest BCUT2D eigenvalue weighted by Crippen LogP contribution is 2.48. The minimum atomic E-state index is -0.357. The zero-order valence-corrected chi connectivity index (χ0v) is 22.5. The van der Waals surface area contributed by atoms with Crippen LogP contribution in [0.1, 0.15) is 49.8 Å². The van der Waals surface area contributed by atoms with Crippen molar-refractivity contribution in [1.82, 2.24) is 0 Å². The van der Waals surface area contributed by atoms with E-state index in [-0.39, 0.29) is 23.8 Å². The van der Waals surface area contributed by atoms with Crippen LogP contribution in [0.2, 0.25) is 0 Å². The minimum absolute atomic E-state index is 0.00672. The Hall–Kier alpha value is -4.13. The van der Waals surface area contributed by atoms with Gasteiger partial charge in [-0.1, -0.05) is 30.3 Å². The van der Waals surface area contributed by atoms with Gasteiger partial charge >= 0.3 is 0 Å². The largest absolute Gasteiger partial charge is 0.493 e. The monoisotopic (exact) mass is 514 g/mol. The van der Waals surface area contributed by atoms with Crippen LogP contribution >= 0.6 is 0 Å². The number of nitrogens with one attached hydrogen (secondary N) is 2. The van der Waals surface area contributed by atoms with Crippen LogP contribution in [-0.4, -0.2) is 33.2 Å². The van der Waals surface area contributed by atoms with E-state index in [1.807, 2.05) is 74.5 Å². The molecular weight excluding hydrogens is 480 g/mol. The number of hydrogen-bond donors (Lipinski definition) is 2. The highest BCUT2D eigenvalue weighted by molar-refractivity contribution is 6.01. The number of fused-ring (bicyclic) bond motifs is 1. The fourth-order valence-corrected chi connectivity index (χ4v) is 5.38. The van der Waals surface area contributed by atoms with E-state index in [1.165, 1.54) is 0 Å². The number of rotatable bonds is 7. The Morgan fingerprint density at radius 1 is 0.816 bits per heavy atom. The van der Waals surface area contributed by atoms with E-state index in [0.29, 0.717) is 30.1 Å². The van der Waals surface area contributed by atoms with Crippen molar-refractivity contribution in [3.63, 3.8) is 0 Å². The second kappa shape index (κ2) is 10.7. The first-order chi connectivity index (χ1) is 18.4. The Morgan fingerprint density at radius 3 is 2.13 bits per heavy atom. The Bertz CT molecular complexity index is 1360. The Balaban J connectivity index is 1.61. The van der Waals surface area contributed by atoms with Crippen molar-refractivity contribution in [2.75, 3.05) is 32.0 Å². The van der Waals surface area contributed by atoms with Crippen LogP contribution in [0.25, 0.3) is 0 Å². The molecule has 0 unspecified atom stereocenters. The molecule has 2 atom stereocenters. The number of carbonyl (C=O) groups is 1. The number of benzene rings is 3. The van der Waals surface area contributed by atoms with E-state index in [1.54, 1.807) is 21.3 Å². The van der Waals surface area contributed by atoms with E-state index >= 15 is 0 Å². The standard InChI is InChI=1S/C31H34N2O5/c1-18(2)38-26-13-9-6-10-21(26)30-29-24(32-22-11-7-8-12-23(22)33-30)14-19(15-25(29)34)20-16-27(35-3)31(37-5)28(17-20)36-4/h6-13,16-19,30,32-33H,14-15H2,1-5H3/t19-,30-/m0/s1. The summed E-state index contributed by atoms with van der Waals surface area (Å²) in [6.45, 7) is 4.01. The number of para-hydroxylation sites is 3. The molecule has 0 saturated heterocycles. The number of Topliss-reactive ketones (excluding diaryl/α,β-unsaturated/α-hetero) is 1. The minimum Gasteiger partial charge on any atom is -0.493 e. The summed E-state index contributed by atoms with van der Waals surface area (Å²) < 4.78 is 22.9. The lowest BCUT2D eigenvalue weighted by Gasteiger charge is -2.31. The van der Waals surface area contributed by atoms with Crippen molar-refractivity contribution < 1.29 is 23.7 Å². The number of hydrogen-bond acceptors (Lipinski definition) is 7. The van der Waals surface area contributed by atoms with Gasteiger partial charge in [-0.05, 0) is 62.1 Å². The maximum atomic E-state index is 14.0. The first-order valence-corrected chi connectivity index (χ1v) is 12.9. The summed E-state index contributed by atoms with van der Waals surface area (Å²) in [6.07, 6.45) is 1.02. The molecule has 7 nitrogen and oxygen atoms in total. The van der Waals surface area contributed by atoms with Gasteiger partial charge in [0.2, 0.25) is 5.75 Å². The van der Waals surface area contributed by atoms with Gasteiger partial charge in [-0.15, -0.1) is 0 Å². The molecule has 3 aromatic carbocycles. The van der Waals surface area contributed by atoms with Gasteiger partial charge in [0, 0.05) is 23.3 Å². The van der Waals surface area contributed by atoms with Crippen molar-refractivity contribution in [1.29, 1.82) is 0 Å². The molecule has 7 heteroatoms. The Morgan fingerprint density at radius 2 is 1.47 bits per heavy atom. The number of carbonyl (C=O) groups excluding carboxylic acids is 1. The summed E-state index contributed by atoms with van der Waals surface area (Å²) in [6, 6.07) is 19.5. The first kappa shape index (κ1) is 25.5. The molecule has 2 aliphatic rings. The third-order valence-electron chi connectivity index (χ3n) is 7.06. The number of methoxy groups -OCH3 is 3.